The standard InChI is InChI=1S/C33H38F2N2O4/c1-5-41-17-16-36-31(40)33(26-11-7-6-8-12-26)15-14-28(38)37(21-24-10-9-13-27(20-24)32(4,34)35)30(33)25-18-22(2)29(39)23(3)19-25/h6-13,18-20,30,39H,5,14-17,21H2,1-4H3,(H,36,40). The molecule has 218 valence electrons. The first-order chi connectivity index (χ1) is 19.5. The van der Waals surface area contributed by atoms with E-state index in [1.807, 2.05) is 37.3 Å². The summed E-state index contributed by atoms with van der Waals surface area (Å²) in [5, 5.41) is 13.6. The Kier molecular flexibility index (Phi) is 9.12. The van der Waals surface area contributed by atoms with Crippen LogP contribution in [0.5, 0.6) is 5.75 Å². The summed E-state index contributed by atoms with van der Waals surface area (Å²) >= 11 is 0. The van der Waals surface area contributed by atoms with Crippen LogP contribution in [0.25, 0.3) is 0 Å². The third kappa shape index (κ3) is 6.27. The van der Waals surface area contributed by atoms with Crippen molar-refractivity contribution in [2.24, 2.45) is 0 Å². The zero-order valence-corrected chi connectivity index (χ0v) is 24.0. The lowest BCUT2D eigenvalue weighted by Gasteiger charge is -2.49. The molecule has 1 saturated heterocycles. The lowest BCUT2D eigenvalue weighted by atomic mass is 9.65. The van der Waals surface area contributed by atoms with E-state index in [0.717, 1.165) is 12.5 Å². The van der Waals surface area contributed by atoms with Crippen molar-refractivity contribution < 1.29 is 28.2 Å². The fourth-order valence-corrected chi connectivity index (χ4v) is 5.87. The summed E-state index contributed by atoms with van der Waals surface area (Å²) in [5.41, 5.74) is 1.86. The Hall–Kier alpha value is -3.78. The minimum absolute atomic E-state index is 0.0349. The smallest absolute Gasteiger partial charge is 0.270 e. The molecule has 1 fully saturated rings. The number of amides is 2. The van der Waals surface area contributed by atoms with E-state index >= 15 is 0 Å². The average Bonchev–Trinajstić information content (AvgIpc) is 2.95. The minimum atomic E-state index is -3.04. The number of halogens is 2. The maximum atomic E-state index is 14.3. The highest BCUT2D eigenvalue weighted by atomic mass is 19.3. The molecule has 41 heavy (non-hydrogen) atoms. The van der Waals surface area contributed by atoms with Crippen molar-refractivity contribution >= 4 is 11.8 Å². The molecule has 1 heterocycles. The van der Waals surface area contributed by atoms with Crippen LogP contribution < -0.4 is 5.32 Å². The molecule has 0 saturated carbocycles. The van der Waals surface area contributed by atoms with E-state index in [4.69, 9.17) is 4.74 Å². The van der Waals surface area contributed by atoms with Gasteiger partial charge in [0.25, 0.3) is 5.92 Å². The second-order valence-corrected chi connectivity index (χ2v) is 10.8. The van der Waals surface area contributed by atoms with Crippen LogP contribution in [0.4, 0.5) is 8.78 Å². The number of aromatic hydroxyl groups is 1. The van der Waals surface area contributed by atoms with Crippen molar-refractivity contribution in [3.8, 4) is 5.75 Å². The first kappa shape index (κ1) is 30.2. The highest BCUT2D eigenvalue weighted by Crippen LogP contribution is 2.50. The molecule has 2 N–H and O–H groups in total. The van der Waals surface area contributed by atoms with E-state index in [1.165, 1.54) is 12.1 Å². The van der Waals surface area contributed by atoms with Gasteiger partial charge < -0.3 is 20.1 Å². The number of carbonyl (C=O) groups excluding carboxylic acids is 2. The van der Waals surface area contributed by atoms with Crippen LogP contribution in [0, 0.1) is 13.8 Å². The average molecular weight is 565 g/mol. The zero-order chi connectivity index (χ0) is 29.8. The van der Waals surface area contributed by atoms with Gasteiger partial charge in [-0.1, -0.05) is 60.7 Å². The number of hydrogen-bond acceptors (Lipinski definition) is 4. The second kappa shape index (κ2) is 12.4. The Labute approximate surface area is 240 Å². The number of nitrogens with zero attached hydrogens (tertiary/aromatic N) is 1. The predicted octanol–water partition coefficient (Wildman–Crippen LogP) is 6.08. The molecular weight excluding hydrogens is 526 g/mol. The van der Waals surface area contributed by atoms with Crippen LogP contribution in [0.2, 0.25) is 0 Å². The van der Waals surface area contributed by atoms with Crippen LogP contribution in [-0.2, 0) is 32.2 Å². The van der Waals surface area contributed by atoms with Gasteiger partial charge in [-0.05, 0) is 61.1 Å². The quantitative estimate of drug-likeness (QED) is 0.293. The van der Waals surface area contributed by atoms with Gasteiger partial charge in [-0.15, -0.1) is 0 Å². The molecule has 0 spiro atoms. The van der Waals surface area contributed by atoms with Crippen molar-refractivity contribution in [1.82, 2.24) is 10.2 Å². The highest BCUT2D eigenvalue weighted by molar-refractivity contribution is 5.93. The minimum Gasteiger partial charge on any atom is -0.507 e. The molecule has 0 bridgehead atoms. The van der Waals surface area contributed by atoms with Crippen molar-refractivity contribution in [2.75, 3.05) is 19.8 Å². The number of benzene rings is 3. The molecule has 6 nitrogen and oxygen atoms in total. The molecule has 0 aliphatic carbocycles. The van der Waals surface area contributed by atoms with Crippen molar-refractivity contribution in [2.45, 2.75) is 64.5 Å². The van der Waals surface area contributed by atoms with E-state index in [9.17, 15) is 23.5 Å². The molecule has 1 aliphatic rings. The van der Waals surface area contributed by atoms with Crippen LogP contribution in [0.1, 0.15) is 66.1 Å². The summed E-state index contributed by atoms with van der Waals surface area (Å²) in [5.74, 6) is -3.32. The van der Waals surface area contributed by atoms with Gasteiger partial charge in [-0.3, -0.25) is 9.59 Å². The SMILES string of the molecule is CCOCCNC(=O)C1(c2ccccc2)CCC(=O)N(Cc2cccc(C(C)(F)F)c2)C1c1cc(C)c(O)c(C)c1. The molecule has 2 unspecified atom stereocenters. The molecule has 0 radical (unpaired) electrons. The van der Waals surface area contributed by atoms with E-state index in [2.05, 4.69) is 5.32 Å². The Balaban J connectivity index is 1.91. The Bertz CT molecular complexity index is 1370. The fourth-order valence-electron chi connectivity index (χ4n) is 5.87. The molecular formula is C33H38F2N2O4. The number of aryl methyl sites for hydroxylation is 2. The number of likely N-dealkylation sites (tertiary alicyclic amines) is 1. The molecule has 1 aliphatic heterocycles. The van der Waals surface area contributed by atoms with Crippen LogP contribution >= 0.6 is 0 Å². The predicted molar refractivity (Wildman–Crippen MR) is 154 cm³/mol. The van der Waals surface area contributed by atoms with Crippen LogP contribution in [0.15, 0.2) is 66.7 Å². The number of hydrogen-bond donors (Lipinski definition) is 2. The molecule has 4 rings (SSSR count). The number of alkyl halides is 2. The lowest BCUT2D eigenvalue weighted by molar-refractivity contribution is -0.147. The van der Waals surface area contributed by atoms with Gasteiger partial charge in [-0.2, -0.15) is 0 Å². The maximum absolute atomic E-state index is 14.3. The van der Waals surface area contributed by atoms with Gasteiger partial charge in [0, 0.05) is 38.6 Å². The van der Waals surface area contributed by atoms with Gasteiger partial charge in [0.05, 0.1) is 18.1 Å². The van der Waals surface area contributed by atoms with Crippen molar-refractivity contribution in [3.05, 3.63) is 100 Å². The second-order valence-electron chi connectivity index (χ2n) is 10.8. The number of phenols is 1. The van der Waals surface area contributed by atoms with E-state index in [-0.39, 0.29) is 42.5 Å². The monoisotopic (exact) mass is 564 g/mol. The van der Waals surface area contributed by atoms with E-state index < -0.39 is 17.4 Å². The summed E-state index contributed by atoms with van der Waals surface area (Å²) in [7, 11) is 0. The zero-order valence-electron chi connectivity index (χ0n) is 24.0. The first-order valence-corrected chi connectivity index (χ1v) is 14.0. The largest absolute Gasteiger partial charge is 0.507 e. The third-order valence-corrected chi connectivity index (χ3v) is 7.88. The normalized spacial score (nSPS) is 19.3. The molecule has 0 aromatic heterocycles. The third-order valence-electron chi connectivity index (χ3n) is 7.88. The first-order valence-electron chi connectivity index (χ1n) is 14.0. The number of rotatable bonds is 10. The maximum Gasteiger partial charge on any atom is 0.270 e. The number of phenolic OH excluding ortho intramolecular Hbond substituents is 1. The number of ether oxygens (including phenoxy) is 1. The number of nitrogens with one attached hydrogen (secondary N) is 1. The van der Waals surface area contributed by atoms with E-state index in [1.54, 1.807) is 43.0 Å². The Morgan fingerprint density at radius 1 is 1.10 bits per heavy atom. The van der Waals surface area contributed by atoms with Gasteiger partial charge in [0.2, 0.25) is 11.8 Å². The summed E-state index contributed by atoms with van der Waals surface area (Å²) in [4.78, 5) is 29.7. The summed E-state index contributed by atoms with van der Waals surface area (Å²) in [6.07, 6.45) is 0.355. The summed E-state index contributed by atoms with van der Waals surface area (Å²) in [6, 6.07) is 18.3. The van der Waals surface area contributed by atoms with E-state index in [0.29, 0.717) is 42.0 Å². The van der Waals surface area contributed by atoms with Crippen molar-refractivity contribution in [3.63, 3.8) is 0 Å². The highest BCUT2D eigenvalue weighted by Gasteiger charge is 2.54. The topological polar surface area (TPSA) is 78.9 Å². The van der Waals surface area contributed by atoms with Crippen LogP contribution in [-0.4, -0.2) is 41.6 Å². The van der Waals surface area contributed by atoms with Gasteiger partial charge in [0.15, 0.2) is 0 Å². The molecule has 3 aromatic carbocycles. The Morgan fingerprint density at radius 3 is 2.41 bits per heavy atom. The number of carbonyl (C=O) groups is 2. The molecule has 8 heteroatoms. The van der Waals surface area contributed by atoms with Gasteiger partial charge in [0.1, 0.15) is 5.75 Å². The lowest BCUT2D eigenvalue weighted by Crippen LogP contribution is -2.58. The summed E-state index contributed by atoms with van der Waals surface area (Å²) in [6.45, 7) is 7.47. The Morgan fingerprint density at radius 2 is 1.78 bits per heavy atom. The molecule has 3 aromatic rings. The molecule has 2 amide bonds. The molecule has 2 atom stereocenters. The van der Waals surface area contributed by atoms with Crippen molar-refractivity contribution in [1.29, 1.82) is 0 Å². The number of piperidine rings is 1. The summed E-state index contributed by atoms with van der Waals surface area (Å²) < 4.78 is 33.9. The van der Waals surface area contributed by atoms with Gasteiger partial charge in [-0.25, -0.2) is 8.78 Å². The fraction of sp³-hybridized carbons (Fsp3) is 0.394. The van der Waals surface area contributed by atoms with Gasteiger partial charge >= 0.3 is 0 Å². The van der Waals surface area contributed by atoms with Crippen LogP contribution in [0.3, 0.4) is 0 Å².